The maximum Gasteiger partial charge on any atom is 0.242 e. The van der Waals surface area contributed by atoms with E-state index in [2.05, 4.69) is 10.2 Å². The van der Waals surface area contributed by atoms with Gasteiger partial charge in [-0.25, -0.2) is 0 Å². The summed E-state index contributed by atoms with van der Waals surface area (Å²) in [6, 6.07) is 6.90. The van der Waals surface area contributed by atoms with Crippen molar-refractivity contribution in [3.63, 3.8) is 0 Å². The standard InChI is InChI=1S/C16H23ClN4O3.2ClH/c1-24-11-14(18)16(23)19-10-15(22)21-7-5-20(6-8-21)13-4-2-3-12(17)9-13;;/h2-4,9,14H,5-8,10-11,18H2,1H3,(H,19,23);2*1H. The van der Waals surface area contributed by atoms with Crippen molar-refractivity contribution in [3.05, 3.63) is 29.3 Å². The Morgan fingerprint density at radius 1 is 1.27 bits per heavy atom. The van der Waals surface area contributed by atoms with Gasteiger partial charge in [-0.15, -0.1) is 24.8 Å². The summed E-state index contributed by atoms with van der Waals surface area (Å²) in [5, 5.41) is 3.24. The first-order valence-electron chi connectivity index (χ1n) is 7.82. The highest BCUT2D eigenvalue weighted by atomic mass is 35.5. The molecule has 0 saturated carbocycles. The molecule has 7 nitrogen and oxygen atoms in total. The van der Waals surface area contributed by atoms with Crippen LogP contribution in [0.25, 0.3) is 0 Å². The smallest absolute Gasteiger partial charge is 0.242 e. The average Bonchev–Trinajstić information content (AvgIpc) is 2.59. The van der Waals surface area contributed by atoms with Crippen molar-refractivity contribution in [3.8, 4) is 0 Å². The lowest BCUT2D eigenvalue weighted by Crippen LogP contribution is -2.52. The fourth-order valence-corrected chi connectivity index (χ4v) is 2.73. The van der Waals surface area contributed by atoms with Gasteiger partial charge in [-0.2, -0.15) is 0 Å². The molecule has 1 aliphatic rings. The number of nitrogens with one attached hydrogen (secondary N) is 1. The normalized spacial score (nSPS) is 14.7. The van der Waals surface area contributed by atoms with Crippen LogP contribution in [0.1, 0.15) is 0 Å². The quantitative estimate of drug-likeness (QED) is 0.705. The molecule has 2 amide bonds. The van der Waals surface area contributed by atoms with E-state index in [4.69, 9.17) is 22.1 Å². The van der Waals surface area contributed by atoms with Crippen LogP contribution >= 0.6 is 36.4 Å². The topological polar surface area (TPSA) is 87.9 Å². The number of nitrogens with two attached hydrogens (primary N) is 1. The molecule has 1 fully saturated rings. The number of rotatable bonds is 6. The van der Waals surface area contributed by atoms with Crippen LogP contribution in [0.4, 0.5) is 5.69 Å². The first kappa shape index (κ1) is 24.8. The minimum Gasteiger partial charge on any atom is -0.383 e. The first-order chi connectivity index (χ1) is 11.5. The number of carbonyl (C=O) groups excluding carboxylic acids is 2. The van der Waals surface area contributed by atoms with E-state index >= 15 is 0 Å². The Morgan fingerprint density at radius 3 is 2.50 bits per heavy atom. The largest absolute Gasteiger partial charge is 0.383 e. The first-order valence-corrected chi connectivity index (χ1v) is 8.19. The number of nitrogens with zero attached hydrogens (tertiary/aromatic N) is 2. The summed E-state index contributed by atoms with van der Waals surface area (Å²) in [5.74, 6) is -0.499. The molecule has 0 spiro atoms. The van der Waals surface area contributed by atoms with E-state index in [1.165, 1.54) is 7.11 Å². The van der Waals surface area contributed by atoms with E-state index < -0.39 is 6.04 Å². The summed E-state index contributed by atoms with van der Waals surface area (Å²) >= 11 is 6.01. The lowest BCUT2D eigenvalue weighted by molar-refractivity contribution is -0.133. The average molecular weight is 428 g/mol. The van der Waals surface area contributed by atoms with Crippen molar-refractivity contribution in [2.45, 2.75) is 6.04 Å². The molecular formula is C16H25Cl3N4O3. The Balaban J connectivity index is 0.00000312. The predicted octanol–water partition coefficient (Wildman–Crippen LogP) is 0.922. The number of methoxy groups -OCH3 is 1. The van der Waals surface area contributed by atoms with E-state index in [1.54, 1.807) is 4.90 Å². The summed E-state index contributed by atoms with van der Waals surface area (Å²) in [4.78, 5) is 27.8. The lowest BCUT2D eigenvalue weighted by Gasteiger charge is -2.36. The third-order valence-electron chi connectivity index (χ3n) is 3.90. The monoisotopic (exact) mass is 426 g/mol. The summed E-state index contributed by atoms with van der Waals surface area (Å²) < 4.78 is 4.81. The third kappa shape index (κ3) is 7.17. The van der Waals surface area contributed by atoms with Crippen LogP contribution in [0.2, 0.25) is 5.02 Å². The van der Waals surface area contributed by atoms with E-state index in [1.807, 2.05) is 24.3 Å². The van der Waals surface area contributed by atoms with Gasteiger partial charge in [0.15, 0.2) is 0 Å². The van der Waals surface area contributed by atoms with E-state index in [-0.39, 0.29) is 49.8 Å². The van der Waals surface area contributed by atoms with E-state index in [0.717, 1.165) is 18.8 Å². The second kappa shape index (κ2) is 12.2. The highest BCUT2D eigenvalue weighted by molar-refractivity contribution is 6.30. The van der Waals surface area contributed by atoms with Gasteiger partial charge in [0.2, 0.25) is 11.8 Å². The number of piperazine rings is 1. The molecule has 26 heavy (non-hydrogen) atoms. The molecule has 1 saturated heterocycles. The van der Waals surface area contributed by atoms with Crippen LogP contribution in [0.5, 0.6) is 0 Å². The van der Waals surface area contributed by atoms with Crippen LogP contribution in [-0.4, -0.2) is 69.2 Å². The molecule has 0 radical (unpaired) electrons. The number of amides is 2. The summed E-state index contributed by atoms with van der Waals surface area (Å²) in [6.07, 6.45) is 0. The molecule has 3 N–H and O–H groups in total. The SMILES string of the molecule is COCC(N)C(=O)NCC(=O)N1CCN(c2cccc(Cl)c2)CC1.Cl.Cl. The number of hydrogen-bond acceptors (Lipinski definition) is 5. The van der Waals surface area contributed by atoms with Crippen LogP contribution in [0.15, 0.2) is 24.3 Å². The van der Waals surface area contributed by atoms with Crippen molar-refractivity contribution in [2.75, 3.05) is 51.3 Å². The summed E-state index contributed by atoms with van der Waals surface area (Å²) in [5.41, 5.74) is 6.66. The Bertz CT molecular complexity index is 584. The molecule has 1 aliphatic heterocycles. The number of ether oxygens (including phenoxy) is 1. The van der Waals surface area contributed by atoms with Gasteiger partial charge in [0.1, 0.15) is 6.04 Å². The number of benzene rings is 1. The molecule has 10 heteroatoms. The van der Waals surface area contributed by atoms with Gasteiger partial charge in [0.25, 0.3) is 0 Å². The van der Waals surface area contributed by atoms with Crippen molar-refractivity contribution in [2.24, 2.45) is 5.73 Å². The van der Waals surface area contributed by atoms with Gasteiger partial charge in [0.05, 0.1) is 13.2 Å². The molecule has 1 atom stereocenters. The van der Waals surface area contributed by atoms with E-state index in [9.17, 15) is 9.59 Å². The Hall–Kier alpha value is -1.25. The minimum absolute atomic E-state index is 0. The second-order valence-electron chi connectivity index (χ2n) is 5.63. The van der Waals surface area contributed by atoms with Gasteiger partial charge < -0.3 is 25.6 Å². The van der Waals surface area contributed by atoms with Gasteiger partial charge >= 0.3 is 0 Å². The maximum absolute atomic E-state index is 12.2. The van der Waals surface area contributed by atoms with Crippen LogP contribution < -0.4 is 16.0 Å². The van der Waals surface area contributed by atoms with Crippen molar-refractivity contribution in [1.29, 1.82) is 0 Å². The van der Waals surface area contributed by atoms with Crippen LogP contribution in [0.3, 0.4) is 0 Å². The fraction of sp³-hybridized carbons (Fsp3) is 0.500. The predicted molar refractivity (Wildman–Crippen MR) is 108 cm³/mol. The molecule has 0 aliphatic carbocycles. The number of halogens is 3. The molecule has 2 rings (SSSR count). The Kier molecular flexibility index (Phi) is 11.6. The second-order valence-corrected chi connectivity index (χ2v) is 6.06. The Morgan fingerprint density at radius 2 is 1.92 bits per heavy atom. The zero-order valence-corrected chi connectivity index (χ0v) is 16.9. The zero-order chi connectivity index (χ0) is 17.5. The summed E-state index contributed by atoms with van der Waals surface area (Å²) in [6.45, 7) is 2.73. The van der Waals surface area contributed by atoms with Crippen LogP contribution in [0, 0.1) is 0 Å². The summed E-state index contributed by atoms with van der Waals surface area (Å²) in [7, 11) is 1.47. The highest BCUT2D eigenvalue weighted by Gasteiger charge is 2.22. The third-order valence-corrected chi connectivity index (χ3v) is 4.14. The minimum atomic E-state index is -0.762. The number of anilines is 1. The van der Waals surface area contributed by atoms with Gasteiger partial charge in [-0.1, -0.05) is 17.7 Å². The molecule has 148 valence electrons. The molecule has 1 aromatic rings. The zero-order valence-electron chi connectivity index (χ0n) is 14.5. The molecule has 0 aromatic heterocycles. The number of carbonyl (C=O) groups is 2. The van der Waals surface area contributed by atoms with Crippen molar-refractivity contribution >= 4 is 53.9 Å². The maximum atomic E-state index is 12.2. The van der Waals surface area contributed by atoms with Gasteiger partial charge in [-0.3, -0.25) is 9.59 Å². The molecule has 1 heterocycles. The fourth-order valence-electron chi connectivity index (χ4n) is 2.55. The van der Waals surface area contributed by atoms with Crippen LogP contribution in [-0.2, 0) is 14.3 Å². The molecule has 0 bridgehead atoms. The molecule has 1 aromatic carbocycles. The highest BCUT2D eigenvalue weighted by Crippen LogP contribution is 2.20. The Labute approximate surface area is 171 Å². The van der Waals surface area contributed by atoms with E-state index in [0.29, 0.717) is 18.1 Å². The van der Waals surface area contributed by atoms with Crippen molar-refractivity contribution < 1.29 is 14.3 Å². The van der Waals surface area contributed by atoms with Gasteiger partial charge in [-0.05, 0) is 18.2 Å². The lowest BCUT2D eigenvalue weighted by atomic mass is 10.2. The van der Waals surface area contributed by atoms with Gasteiger partial charge in [0, 0.05) is 44.0 Å². The van der Waals surface area contributed by atoms with Crippen molar-refractivity contribution in [1.82, 2.24) is 10.2 Å². The number of hydrogen-bond donors (Lipinski definition) is 2. The molecule has 1 unspecified atom stereocenters. The molecular weight excluding hydrogens is 403 g/mol.